The summed E-state index contributed by atoms with van der Waals surface area (Å²) < 4.78 is 38.3. The highest BCUT2D eigenvalue weighted by atomic mass is 35.5. The normalized spacial score (nSPS) is 21.0. The van der Waals surface area contributed by atoms with Gasteiger partial charge in [0.05, 0.1) is 16.5 Å². The maximum absolute atomic E-state index is 12.8. The molecule has 10 heteroatoms. The molecule has 0 aromatic carbocycles. The molecule has 0 radical (unpaired) electrons. The van der Waals surface area contributed by atoms with Crippen molar-refractivity contribution in [2.45, 2.75) is 25.9 Å². The van der Waals surface area contributed by atoms with Crippen LogP contribution in [0.25, 0.3) is 0 Å². The first-order valence-electron chi connectivity index (χ1n) is 9.19. The second-order valence-electron chi connectivity index (χ2n) is 7.14. The fraction of sp³-hybridized carbons (Fsp3) is 0.611. The number of nitrogens with zero attached hydrogens (tertiary/aromatic N) is 4. The number of likely N-dealkylation sites (tertiary alicyclic amines) is 1. The molecule has 1 aromatic rings. The summed E-state index contributed by atoms with van der Waals surface area (Å²) in [6.07, 6.45) is -2.15. The zero-order valence-corrected chi connectivity index (χ0v) is 16.3. The number of anilines is 1. The number of alkyl halides is 3. The average Bonchev–Trinajstić information content (AvgIpc) is 2.67. The van der Waals surface area contributed by atoms with E-state index in [0.29, 0.717) is 45.1 Å². The van der Waals surface area contributed by atoms with Crippen LogP contribution >= 0.6 is 11.6 Å². The van der Waals surface area contributed by atoms with Gasteiger partial charge >= 0.3 is 6.18 Å². The molecule has 3 rings (SSSR count). The van der Waals surface area contributed by atoms with Crippen molar-refractivity contribution in [2.75, 3.05) is 44.2 Å². The fourth-order valence-electron chi connectivity index (χ4n) is 3.68. The van der Waals surface area contributed by atoms with E-state index in [-0.39, 0.29) is 22.8 Å². The van der Waals surface area contributed by atoms with Gasteiger partial charge in [0.2, 0.25) is 11.8 Å². The summed E-state index contributed by atoms with van der Waals surface area (Å²) in [5, 5.41) is -0.0565. The van der Waals surface area contributed by atoms with Crippen LogP contribution in [0.4, 0.5) is 19.0 Å². The molecule has 2 aliphatic rings. The second-order valence-corrected chi connectivity index (χ2v) is 7.55. The zero-order chi connectivity index (χ0) is 20.5. The molecule has 0 spiro atoms. The number of hydrogen-bond acceptors (Lipinski definition) is 4. The van der Waals surface area contributed by atoms with Crippen LogP contribution in [0.3, 0.4) is 0 Å². The Kier molecular flexibility index (Phi) is 6.02. The van der Waals surface area contributed by atoms with E-state index in [0.717, 1.165) is 25.1 Å². The first-order chi connectivity index (χ1) is 13.2. The van der Waals surface area contributed by atoms with Crippen LogP contribution in [0.2, 0.25) is 5.02 Å². The molecule has 0 N–H and O–H groups in total. The van der Waals surface area contributed by atoms with Crippen molar-refractivity contribution in [1.29, 1.82) is 0 Å². The number of halogens is 4. The minimum absolute atomic E-state index is 0.0228. The molecule has 2 amide bonds. The van der Waals surface area contributed by atoms with Crippen LogP contribution in [0.5, 0.6) is 0 Å². The summed E-state index contributed by atoms with van der Waals surface area (Å²) in [5.74, 6) is 0.0987. The number of aromatic nitrogens is 1. The maximum Gasteiger partial charge on any atom is 0.417 e. The zero-order valence-electron chi connectivity index (χ0n) is 15.5. The number of piperazine rings is 1. The Morgan fingerprint density at radius 3 is 2.39 bits per heavy atom. The van der Waals surface area contributed by atoms with Gasteiger partial charge < -0.3 is 14.7 Å². The fourth-order valence-corrected chi connectivity index (χ4v) is 3.97. The molecule has 154 valence electrons. The summed E-state index contributed by atoms with van der Waals surface area (Å²) in [6.45, 7) is 4.39. The van der Waals surface area contributed by atoms with E-state index >= 15 is 0 Å². The third kappa shape index (κ3) is 4.51. The lowest BCUT2D eigenvalue weighted by molar-refractivity contribution is -0.140. The van der Waals surface area contributed by atoms with Gasteiger partial charge in [-0.15, -0.1) is 0 Å². The van der Waals surface area contributed by atoms with Gasteiger partial charge in [-0.05, 0) is 18.9 Å². The standard InChI is InChI=1S/C18H22ClF3N4O2/c1-12(27)26-4-2-3-13(11-26)17(28)25-7-5-24(6-8-25)16-15(19)9-14(10-23-16)18(20,21)22/h9-10,13H,2-8,11H2,1H3/t13-/m0/s1. The van der Waals surface area contributed by atoms with Crippen LogP contribution in [0.1, 0.15) is 25.3 Å². The molecule has 2 aliphatic heterocycles. The molecule has 0 saturated carbocycles. The first kappa shape index (κ1) is 20.7. The van der Waals surface area contributed by atoms with Gasteiger partial charge in [-0.2, -0.15) is 13.2 Å². The Bertz CT molecular complexity index is 751. The summed E-state index contributed by atoms with van der Waals surface area (Å²) in [5.41, 5.74) is -0.887. The number of carbonyl (C=O) groups is 2. The van der Waals surface area contributed by atoms with Gasteiger partial charge in [0.1, 0.15) is 5.82 Å². The molecular weight excluding hydrogens is 397 g/mol. The highest BCUT2D eigenvalue weighted by Crippen LogP contribution is 2.33. The molecule has 0 bridgehead atoms. The van der Waals surface area contributed by atoms with E-state index < -0.39 is 11.7 Å². The Balaban J connectivity index is 1.60. The van der Waals surface area contributed by atoms with Crippen molar-refractivity contribution in [1.82, 2.24) is 14.8 Å². The smallest absolute Gasteiger partial charge is 0.352 e. The molecule has 6 nitrogen and oxygen atoms in total. The molecule has 2 fully saturated rings. The van der Waals surface area contributed by atoms with Gasteiger partial charge in [0.15, 0.2) is 0 Å². The van der Waals surface area contributed by atoms with Crippen LogP contribution < -0.4 is 4.90 Å². The maximum atomic E-state index is 12.8. The van der Waals surface area contributed by atoms with Crippen LogP contribution in [0.15, 0.2) is 12.3 Å². The molecular formula is C18H22ClF3N4O2. The summed E-state index contributed by atoms with van der Waals surface area (Å²) in [4.78, 5) is 33.5. The first-order valence-corrected chi connectivity index (χ1v) is 9.56. The molecule has 28 heavy (non-hydrogen) atoms. The Hall–Kier alpha value is -2.03. The average molecular weight is 419 g/mol. The van der Waals surface area contributed by atoms with Gasteiger partial charge in [-0.25, -0.2) is 4.98 Å². The van der Waals surface area contributed by atoms with Crippen LogP contribution in [-0.4, -0.2) is 65.9 Å². The number of carbonyl (C=O) groups excluding carboxylic acids is 2. The largest absolute Gasteiger partial charge is 0.417 e. The molecule has 0 unspecified atom stereocenters. The van der Waals surface area contributed by atoms with Crippen molar-refractivity contribution < 1.29 is 22.8 Å². The van der Waals surface area contributed by atoms with Gasteiger partial charge in [0, 0.05) is 52.4 Å². The summed E-state index contributed by atoms with van der Waals surface area (Å²) in [6, 6.07) is 0.875. The third-order valence-electron chi connectivity index (χ3n) is 5.26. The molecule has 1 atom stereocenters. The van der Waals surface area contributed by atoms with E-state index in [1.165, 1.54) is 6.92 Å². The van der Waals surface area contributed by atoms with E-state index in [4.69, 9.17) is 11.6 Å². The van der Waals surface area contributed by atoms with E-state index in [1.54, 1.807) is 14.7 Å². The monoisotopic (exact) mass is 418 g/mol. The Labute approximate surface area is 166 Å². The number of hydrogen-bond donors (Lipinski definition) is 0. The lowest BCUT2D eigenvalue weighted by Crippen LogP contribution is -2.53. The van der Waals surface area contributed by atoms with E-state index in [1.807, 2.05) is 0 Å². The predicted octanol–water partition coefficient (Wildman–Crippen LogP) is 2.66. The van der Waals surface area contributed by atoms with Crippen molar-refractivity contribution >= 4 is 29.2 Å². The third-order valence-corrected chi connectivity index (χ3v) is 5.53. The van der Waals surface area contributed by atoms with Crippen LogP contribution in [0, 0.1) is 5.92 Å². The Morgan fingerprint density at radius 1 is 1.14 bits per heavy atom. The molecule has 0 aliphatic carbocycles. The van der Waals surface area contributed by atoms with E-state index in [9.17, 15) is 22.8 Å². The van der Waals surface area contributed by atoms with Gasteiger partial charge in [-0.1, -0.05) is 11.6 Å². The lowest BCUT2D eigenvalue weighted by Gasteiger charge is -2.39. The van der Waals surface area contributed by atoms with Crippen molar-refractivity contribution in [2.24, 2.45) is 5.92 Å². The molecule has 1 aromatic heterocycles. The Morgan fingerprint density at radius 2 is 1.82 bits per heavy atom. The van der Waals surface area contributed by atoms with Gasteiger partial charge in [-0.3, -0.25) is 9.59 Å². The van der Waals surface area contributed by atoms with Crippen molar-refractivity contribution in [3.63, 3.8) is 0 Å². The minimum atomic E-state index is -4.49. The summed E-state index contributed by atoms with van der Waals surface area (Å²) in [7, 11) is 0. The molecule has 2 saturated heterocycles. The number of pyridine rings is 1. The second kappa shape index (κ2) is 8.14. The highest BCUT2D eigenvalue weighted by molar-refractivity contribution is 6.33. The van der Waals surface area contributed by atoms with E-state index in [2.05, 4.69) is 4.98 Å². The highest BCUT2D eigenvalue weighted by Gasteiger charge is 2.34. The predicted molar refractivity (Wildman–Crippen MR) is 98.0 cm³/mol. The summed E-state index contributed by atoms with van der Waals surface area (Å²) >= 11 is 6.01. The number of rotatable bonds is 2. The minimum Gasteiger partial charge on any atom is -0.352 e. The number of amides is 2. The van der Waals surface area contributed by atoms with Gasteiger partial charge in [0.25, 0.3) is 0 Å². The number of piperidine rings is 1. The lowest BCUT2D eigenvalue weighted by atomic mass is 9.96. The van der Waals surface area contributed by atoms with Crippen molar-refractivity contribution in [3.8, 4) is 0 Å². The van der Waals surface area contributed by atoms with Crippen molar-refractivity contribution in [3.05, 3.63) is 22.8 Å². The topological polar surface area (TPSA) is 56.8 Å². The SMILES string of the molecule is CC(=O)N1CCC[C@H](C(=O)N2CCN(c3ncc(C(F)(F)F)cc3Cl)CC2)C1. The quantitative estimate of drug-likeness (QED) is 0.741. The van der Waals surface area contributed by atoms with Crippen LogP contribution in [-0.2, 0) is 15.8 Å². The molecule has 3 heterocycles.